The van der Waals surface area contributed by atoms with E-state index in [1.807, 2.05) is 17.0 Å². The van der Waals surface area contributed by atoms with E-state index in [4.69, 9.17) is 0 Å². The van der Waals surface area contributed by atoms with Gasteiger partial charge >= 0.3 is 0 Å². The van der Waals surface area contributed by atoms with Crippen molar-refractivity contribution in [3.8, 4) is 0 Å². The van der Waals surface area contributed by atoms with Crippen LogP contribution in [0.5, 0.6) is 0 Å². The number of hydrogen-bond donors (Lipinski definition) is 0. The Morgan fingerprint density at radius 2 is 2.24 bits per heavy atom. The van der Waals surface area contributed by atoms with E-state index in [0.717, 1.165) is 40.4 Å². The highest BCUT2D eigenvalue weighted by molar-refractivity contribution is 7.99. The van der Waals surface area contributed by atoms with Gasteiger partial charge in [-0.25, -0.2) is 0 Å². The molecule has 0 fully saturated rings. The first-order valence-corrected chi connectivity index (χ1v) is 6.76. The maximum atomic E-state index is 11.9. The maximum Gasteiger partial charge on any atom is 0.231 e. The first kappa shape index (κ1) is 10.8. The predicted octanol–water partition coefficient (Wildman–Crippen LogP) is 2.27. The van der Waals surface area contributed by atoms with Gasteiger partial charge in [0.25, 0.3) is 0 Å². The number of rotatable bonds is 1. The normalized spacial score (nSPS) is 17.9. The monoisotopic (exact) mass is 247 g/mol. The van der Waals surface area contributed by atoms with Crippen molar-refractivity contribution in [1.82, 2.24) is 0 Å². The second-order valence-corrected chi connectivity index (χ2v) is 5.60. The third kappa shape index (κ3) is 1.67. The van der Waals surface area contributed by atoms with Crippen molar-refractivity contribution in [3.63, 3.8) is 0 Å². The summed E-state index contributed by atoms with van der Waals surface area (Å²) in [4.78, 5) is 26.4. The van der Waals surface area contributed by atoms with Crippen LogP contribution in [0.25, 0.3) is 0 Å². The molecule has 0 saturated carbocycles. The largest absolute Gasteiger partial charge is 0.311 e. The molecule has 2 aliphatic rings. The zero-order valence-electron chi connectivity index (χ0n) is 9.66. The molecule has 4 heteroatoms. The van der Waals surface area contributed by atoms with Crippen LogP contribution in [0.2, 0.25) is 0 Å². The van der Waals surface area contributed by atoms with Crippen LogP contribution in [0.15, 0.2) is 17.0 Å². The highest BCUT2D eigenvalue weighted by Gasteiger charge is 2.31. The van der Waals surface area contributed by atoms with Crippen LogP contribution in [-0.2, 0) is 11.2 Å². The van der Waals surface area contributed by atoms with E-state index < -0.39 is 0 Å². The van der Waals surface area contributed by atoms with Gasteiger partial charge in [0.1, 0.15) is 0 Å². The molecule has 0 bridgehead atoms. The molecular formula is C13H13NO2S. The zero-order valence-corrected chi connectivity index (χ0v) is 10.5. The quantitative estimate of drug-likeness (QED) is 0.714. The average molecular weight is 247 g/mol. The third-order valence-electron chi connectivity index (χ3n) is 3.26. The van der Waals surface area contributed by atoms with Gasteiger partial charge < -0.3 is 4.90 Å². The molecule has 0 aromatic heterocycles. The minimum absolute atomic E-state index is 0.0693. The minimum atomic E-state index is 0.0693. The van der Waals surface area contributed by atoms with Crippen LogP contribution in [-0.4, -0.2) is 24.0 Å². The molecule has 0 spiro atoms. The maximum absolute atomic E-state index is 11.9. The van der Waals surface area contributed by atoms with Gasteiger partial charge in [0.05, 0.1) is 12.1 Å². The number of Topliss-reactive ketones (excluding diaryl/α,β-unsaturated/α-hetero) is 1. The molecule has 0 radical (unpaired) electrons. The minimum Gasteiger partial charge on any atom is -0.311 e. The molecule has 0 N–H and O–H groups in total. The first-order chi connectivity index (χ1) is 8.16. The fourth-order valence-electron chi connectivity index (χ4n) is 2.44. The Bertz CT molecular complexity index is 524. The van der Waals surface area contributed by atoms with Gasteiger partial charge in [-0.15, -0.1) is 11.8 Å². The lowest BCUT2D eigenvalue weighted by Gasteiger charge is -2.16. The Balaban J connectivity index is 2.20. The average Bonchev–Trinajstić information content (AvgIpc) is 2.48. The molecule has 1 aromatic carbocycles. The molecule has 3 rings (SSSR count). The van der Waals surface area contributed by atoms with Crippen LogP contribution >= 0.6 is 11.8 Å². The molecule has 0 unspecified atom stereocenters. The number of hydrogen-bond acceptors (Lipinski definition) is 3. The Morgan fingerprint density at radius 1 is 1.41 bits per heavy atom. The van der Waals surface area contributed by atoms with E-state index in [-0.39, 0.29) is 11.7 Å². The van der Waals surface area contributed by atoms with Crippen molar-refractivity contribution in [2.75, 3.05) is 17.2 Å². The van der Waals surface area contributed by atoms with E-state index in [9.17, 15) is 9.59 Å². The number of nitrogens with zero attached hydrogens (tertiary/aromatic N) is 1. The van der Waals surface area contributed by atoms with Gasteiger partial charge in [-0.3, -0.25) is 9.59 Å². The molecule has 2 heterocycles. The van der Waals surface area contributed by atoms with Crippen molar-refractivity contribution >= 4 is 29.1 Å². The third-order valence-corrected chi connectivity index (χ3v) is 4.37. The standard InChI is InChI=1S/C13H13NO2S/c1-8(15)9-5-10-7-12(16)14-3-2-4-17-11(6-9)13(10)14/h5-6H,2-4,7H2,1H3. The molecule has 17 heavy (non-hydrogen) atoms. The SMILES string of the molecule is CC(=O)c1cc2c3c(c1)SCCCN3C(=O)C2. The van der Waals surface area contributed by atoms with Crippen LogP contribution < -0.4 is 4.90 Å². The second-order valence-electron chi connectivity index (χ2n) is 4.46. The molecule has 0 aliphatic carbocycles. The summed E-state index contributed by atoms with van der Waals surface area (Å²) in [6.07, 6.45) is 1.46. The van der Waals surface area contributed by atoms with Gasteiger partial charge in [-0.1, -0.05) is 0 Å². The Hall–Kier alpha value is -1.29. The van der Waals surface area contributed by atoms with Gasteiger partial charge in [0, 0.05) is 17.0 Å². The van der Waals surface area contributed by atoms with Crippen molar-refractivity contribution in [1.29, 1.82) is 0 Å². The fraction of sp³-hybridized carbons (Fsp3) is 0.385. The fourth-order valence-corrected chi connectivity index (χ4v) is 3.53. The lowest BCUT2D eigenvalue weighted by atomic mass is 10.1. The van der Waals surface area contributed by atoms with E-state index >= 15 is 0 Å². The summed E-state index contributed by atoms with van der Waals surface area (Å²) >= 11 is 1.75. The highest BCUT2D eigenvalue weighted by atomic mass is 32.2. The smallest absolute Gasteiger partial charge is 0.231 e. The van der Waals surface area contributed by atoms with Crippen LogP contribution in [0.1, 0.15) is 29.3 Å². The summed E-state index contributed by atoms with van der Waals surface area (Å²) in [6, 6.07) is 3.81. The number of carbonyl (C=O) groups is 2. The first-order valence-electron chi connectivity index (χ1n) is 5.78. The summed E-state index contributed by atoms with van der Waals surface area (Å²) in [5.41, 5.74) is 2.80. The number of carbonyl (C=O) groups excluding carboxylic acids is 2. The van der Waals surface area contributed by atoms with Gasteiger partial charge in [0.2, 0.25) is 5.91 Å². The lowest BCUT2D eigenvalue weighted by Crippen LogP contribution is -2.27. The second kappa shape index (κ2) is 3.88. The summed E-state index contributed by atoms with van der Waals surface area (Å²) in [6.45, 7) is 2.38. The number of ketones is 1. The predicted molar refractivity (Wildman–Crippen MR) is 67.8 cm³/mol. The van der Waals surface area contributed by atoms with Gasteiger partial charge in [0.15, 0.2) is 5.78 Å². The van der Waals surface area contributed by atoms with Crippen LogP contribution in [0, 0.1) is 0 Å². The number of amides is 1. The summed E-state index contributed by atoms with van der Waals surface area (Å²) in [5.74, 6) is 1.25. The molecule has 1 amide bonds. The van der Waals surface area contributed by atoms with Gasteiger partial charge in [-0.2, -0.15) is 0 Å². The van der Waals surface area contributed by atoms with E-state index in [1.165, 1.54) is 0 Å². The van der Waals surface area contributed by atoms with Crippen LogP contribution in [0.4, 0.5) is 5.69 Å². The summed E-state index contributed by atoms with van der Waals surface area (Å²) < 4.78 is 0. The summed E-state index contributed by atoms with van der Waals surface area (Å²) in [5, 5.41) is 0. The zero-order chi connectivity index (χ0) is 12.0. The summed E-state index contributed by atoms with van der Waals surface area (Å²) in [7, 11) is 0. The molecule has 0 atom stereocenters. The number of anilines is 1. The van der Waals surface area contributed by atoms with E-state index in [1.54, 1.807) is 18.7 Å². The molecule has 3 nitrogen and oxygen atoms in total. The molecule has 88 valence electrons. The molecule has 1 aromatic rings. The highest BCUT2D eigenvalue weighted by Crippen LogP contribution is 2.41. The lowest BCUT2D eigenvalue weighted by molar-refractivity contribution is -0.117. The molecular weight excluding hydrogens is 234 g/mol. The Morgan fingerprint density at radius 3 is 3.00 bits per heavy atom. The molecule has 0 saturated heterocycles. The van der Waals surface area contributed by atoms with Gasteiger partial charge in [-0.05, 0) is 36.8 Å². The number of benzene rings is 1. The molecule has 2 aliphatic heterocycles. The van der Waals surface area contributed by atoms with E-state index in [2.05, 4.69) is 0 Å². The van der Waals surface area contributed by atoms with Crippen molar-refractivity contribution in [2.45, 2.75) is 24.7 Å². The topological polar surface area (TPSA) is 37.4 Å². The van der Waals surface area contributed by atoms with Crippen molar-refractivity contribution in [2.24, 2.45) is 0 Å². The van der Waals surface area contributed by atoms with Crippen molar-refractivity contribution in [3.05, 3.63) is 23.3 Å². The van der Waals surface area contributed by atoms with Crippen LogP contribution in [0.3, 0.4) is 0 Å². The van der Waals surface area contributed by atoms with Crippen molar-refractivity contribution < 1.29 is 9.59 Å². The van der Waals surface area contributed by atoms with E-state index in [0.29, 0.717) is 6.42 Å². The Kier molecular flexibility index (Phi) is 2.47. The number of thioether (sulfide) groups is 1. The Labute approximate surface area is 104 Å².